The van der Waals surface area contributed by atoms with Gasteiger partial charge in [-0.15, -0.1) is 0 Å². The molecule has 3 amide bonds. The first-order chi connectivity index (χ1) is 10.6. The van der Waals surface area contributed by atoms with Crippen LogP contribution in [0.15, 0.2) is 30.3 Å². The van der Waals surface area contributed by atoms with Crippen molar-refractivity contribution in [1.82, 2.24) is 10.2 Å². The summed E-state index contributed by atoms with van der Waals surface area (Å²) in [7, 11) is 0. The smallest absolute Gasteiger partial charge is 0.317 e. The first-order valence-corrected chi connectivity index (χ1v) is 7.95. The summed E-state index contributed by atoms with van der Waals surface area (Å²) in [6.07, 6.45) is 3.20. The normalized spacial score (nSPS) is 17.0. The van der Waals surface area contributed by atoms with Crippen LogP contribution in [0.5, 0.6) is 0 Å². The Balaban J connectivity index is 1.71. The Bertz CT molecular complexity index is 496. The average molecular weight is 303 g/mol. The van der Waals surface area contributed by atoms with Crippen molar-refractivity contribution >= 4 is 11.9 Å². The molecule has 0 spiro atoms. The number of piperidine rings is 1. The number of nitrogens with zero attached hydrogens (tertiary/aromatic N) is 1. The highest BCUT2D eigenvalue weighted by Crippen LogP contribution is 2.16. The molecule has 2 rings (SSSR count). The van der Waals surface area contributed by atoms with Gasteiger partial charge in [0.25, 0.3) is 0 Å². The Morgan fingerprint density at radius 2 is 1.91 bits per heavy atom. The molecule has 1 fully saturated rings. The molecule has 1 saturated heterocycles. The standard InChI is InChI=1S/C17H25N3O2/c1-13(7-8-14-5-3-2-4-6-14)19-17(22)20-11-9-15(10-12-20)16(18)21/h2-6,13,15H,7-12H2,1H3,(H2,18,21)(H,19,22)/t13-/m1/s1. The molecule has 120 valence electrons. The van der Waals surface area contributed by atoms with Crippen molar-refractivity contribution in [2.24, 2.45) is 11.7 Å². The Morgan fingerprint density at radius 1 is 1.27 bits per heavy atom. The number of likely N-dealkylation sites (tertiary alicyclic amines) is 1. The Labute approximate surface area is 131 Å². The molecule has 1 atom stereocenters. The van der Waals surface area contributed by atoms with Gasteiger partial charge in [0.1, 0.15) is 0 Å². The van der Waals surface area contributed by atoms with Crippen LogP contribution in [0.1, 0.15) is 31.7 Å². The molecule has 1 aromatic rings. The molecule has 1 aliphatic rings. The number of hydrogen-bond donors (Lipinski definition) is 2. The number of nitrogens with two attached hydrogens (primary N) is 1. The predicted octanol–water partition coefficient (Wildman–Crippen LogP) is 1.91. The minimum Gasteiger partial charge on any atom is -0.369 e. The monoisotopic (exact) mass is 303 g/mol. The fourth-order valence-corrected chi connectivity index (χ4v) is 2.77. The maximum Gasteiger partial charge on any atom is 0.317 e. The first-order valence-electron chi connectivity index (χ1n) is 7.95. The number of rotatable bonds is 5. The van der Waals surface area contributed by atoms with Crippen LogP contribution in [-0.4, -0.2) is 36.0 Å². The maximum atomic E-state index is 12.2. The number of nitrogens with one attached hydrogen (secondary N) is 1. The summed E-state index contributed by atoms with van der Waals surface area (Å²) in [6.45, 7) is 3.23. The zero-order valence-electron chi connectivity index (χ0n) is 13.1. The molecule has 5 heteroatoms. The average Bonchev–Trinajstić information content (AvgIpc) is 2.54. The number of hydrogen-bond acceptors (Lipinski definition) is 2. The van der Waals surface area contributed by atoms with Gasteiger partial charge in [-0.05, 0) is 38.2 Å². The van der Waals surface area contributed by atoms with Gasteiger partial charge in [-0.25, -0.2) is 4.79 Å². The topological polar surface area (TPSA) is 75.4 Å². The van der Waals surface area contributed by atoms with Crippen molar-refractivity contribution in [3.8, 4) is 0 Å². The van der Waals surface area contributed by atoms with E-state index in [1.807, 2.05) is 25.1 Å². The zero-order valence-corrected chi connectivity index (χ0v) is 13.1. The van der Waals surface area contributed by atoms with Gasteiger partial charge < -0.3 is 16.0 Å². The van der Waals surface area contributed by atoms with Crippen LogP contribution in [0.2, 0.25) is 0 Å². The third kappa shape index (κ3) is 4.76. The lowest BCUT2D eigenvalue weighted by molar-refractivity contribution is -0.123. The number of benzene rings is 1. The van der Waals surface area contributed by atoms with Gasteiger partial charge in [0.15, 0.2) is 0 Å². The van der Waals surface area contributed by atoms with Gasteiger partial charge in [0.05, 0.1) is 0 Å². The summed E-state index contributed by atoms with van der Waals surface area (Å²) in [4.78, 5) is 25.1. The molecule has 3 N–H and O–H groups in total. The van der Waals surface area contributed by atoms with Crippen LogP contribution in [-0.2, 0) is 11.2 Å². The van der Waals surface area contributed by atoms with E-state index in [1.165, 1.54) is 5.56 Å². The van der Waals surface area contributed by atoms with Crippen molar-refractivity contribution in [1.29, 1.82) is 0 Å². The zero-order chi connectivity index (χ0) is 15.9. The molecule has 0 bridgehead atoms. The van der Waals surface area contributed by atoms with E-state index in [4.69, 9.17) is 5.73 Å². The first kappa shape index (κ1) is 16.3. The Morgan fingerprint density at radius 3 is 2.50 bits per heavy atom. The molecule has 1 aliphatic heterocycles. The minimum atomic E-state index is -0.253. The predicted molar refractivity (Wildman–Crippen MR) is 86.2 cm³/mol. The summed E-state index contributed by atoms with van der Waals surface area (Å²) in [5.41, 5.74) is 6.59. The molecule has 1 aromatic carbocycles. The molecule has 0 radical (unpaired) electrons. The molecule has 1 heterocycles. The van der Waals surface area contributed by atoms with Crippen molar-refractivity contribution in [3.05, 3.63) is 35.9 Å². The van der Waals surface area contributed by atoms with E-state index < -0.39 is 0 Å². The van der Waals surface area contributed by atoms with Crippen LogP contribution in [0, 0.1) is 5.92 Å². The van der Waals surface area contributed by atoms with Crippen LogP contribution < -0.4 is 11.1 Å². The van der Waals surface area contributed by atoms with E-state index in [0.717, 1.165) is 12.8 Å². The lowest BCUT2D eigenvalue weighted by Crippen LogP contribution is -2.48. The second kappa shape index (κ2) is 7.82. The van der Waals surface area contributed by atoms with E-state index in [9.17, 15) is 9.59 Å². The lowest BCUT2D eigenvalue weighted by atomic mass is 9.96. The number of amides is 3. The van der Waals surface area contributed by atoms with Crippen molar-refractivity contribution < 1.29 is 9.59 Å². The molecule has 22 heavy (non-hydrogen) atoms. The second-order valence-electron chi connectivity index (χ2n) is 6.04. The van der Waals surface area contributed by atoms with E-state index in [0.29, 0.717) is 25.9 Å². The summed E-state index contributed by atoms with van der Waals surface area (Å²) in [5.74, 6) is -0.337. The van der Waals surface area contributed by atoms with E-state index >= 15 is 0 Å². The van der Waals surface area contributed by atoms with Gasteiger partial charge in [-0.3, -0.25) is 4.79 Å². The molecule has 5 nitrogen and oxygen atoms in total. The number of primary amides is 1. The van der Waals surface area contributed by atoms with Gasteiger partial charge in [0.2, 0.25) is 5.91 Å². The van der Waals surface area contributed by atoms with Gasteiger partial charge in [0, 0.05) is 25.0 Å². The molecule has 0 saturated carbocycles. The summed E-state index contributed by atoms with van der Waals surface area (Å²) >= 11 is 0. The summed E-state index contributed by atoms with van der Waals surface area (Å²) in [5, 5.41) is 3.03. The van der Waals surface area contributed by atoms with E-state index in [2.05, 4.69) is 17.4 Å². The van der Waals surface area contributed by atoms with Crippen molar-refractivity contribution in [3.63, 3.8) is 0 Å². The second-order valence-corrected chi connectivity index (χ2v) is 6.04. The number of carbonyl (C=O) groups excluding carboxylic acids is 2. The highest BCUT2D eigenvalue weighted by Gasteiger charge is 2.26. The Kier molecular flexibility index (Phi) is 5.81. The minimum absolute atomic E-state index is 0.0384. The highest BCUT2D eigenvalue weighted by atomic mass is 16.2. The van der Waals surface area contributed by atoms with Gasteiger partial charge in [-0.2, -0.15) is 0 Å². The largest absolute Gasteiger partial charge is 0.369 e. The van der Waals surface area contributed by atoms with Crippen molar-refractivity contribution in [2.45, 2.75) is 38.6 Å². The van der Waals surface area contributed by atoms with E-state index in [-0.39, 0.29) is 23.9 Å². The fraction of sp³-hybridized carbons (Fsp3) is 0.529. The van der Waals surface area contributed by atoms with E-state index in [1.54, 1.807) is 4.90 Å². The highest BCUT2D eigenvalue weighted by molar-refractivity contribution is 5.78. The van der Waals surface area contributed by atoms with Crippen LogP contribution in [0.25, 0.3) is 0 Å². The molecular formula is C17H25N3O2. The third-order valence-corrected chi connectivity index (χ3v) is 4.26. The molecule has 0 aromatic heterocycles. The lowest BCUT2D eigenvalue weighted by Gasteiger charge is -2.31. The van der Waals surface area contributed by atoms with Gasteiger partial charge >= 0.3 is 6.03 Å². The summed E-state index contributed by atoms with van der Waals surface area (Å²) < 4.78 is 0. The number of aryl methyl sites for hydroxylation is 1. The molecular weight excluding hydrogens is 278 g/mol. The SMILES string of the molecule is C[C@H](CCc1ccccc1)NC(=O)N1CCC(C(N)=O)CC1. The van der Waals surface area contributed by atoms with Crippen LogP contribution >= 0.6 is 0 Å². The number of carbonyl (C=O) groups is 2. The quantitative estimate of drug-likeness (QED) is 0.872. The summed E-state index contributed by atoms with van der Waals surface area (Å²) in [6, 6.07) is 10.4. The molecule has 0 unspecified atom stereocenters. The fourth-order valence-electron chi connectivity index (χ4n) is 2.77. The number of urea groups is 1. The van der Waals surface area contributed by atoms with Crippen LogP contribution in [0.4, 0.5) is 4.79 Å². The maximum absolute atomic E-state index is 12.2. The van der Waals surface area contributed by atoms with Crippen molar-refractivity contribution in [2.75, 3.05) is 13.1 Å². The molecule has 0 aliphatic carbocycles. The third-order valence-electron chi connectivity index (χ3n) is 4.26. The Hall–Kier alpha value is -2.04. The van der Waals surface area contributed by atoms with Gasteiger partial charge in [-0.1, -0.05) is 30.3 Å². The van der Waals surface area contributed by atoms with Crippen LogP contribution in [0.3, 0.4) is 0 Å².